The van der Waals surface area contributed by atoms with Crippen LogP contribution in [-0.4, -0.2) is 29.9 Å². The van der Waals surface area contributed by atoms with Gasteiger partial charge in [-0.1, -0.05) is 72.8 Å². The number of ether oxygens (including phenoxy) is 1. The Bertz CT molecular complexity index is 1430. The molecule has 4 rings (SSSR count). The van der Waals surface area contributed by atoms with Gasteiger partial charge in [-0.25, -0.2) is 0 Å². The third kappa shape index (κ3) is 8.28. The fraction of sp³-hybridized carbons (Fsp3) is 0.212. The minimum absolute atomic E-state index is 0. The smallest absolute Gasteiger partial charge is 0.548 e. The number of para-hydroxylation sites is 2. The van der Waals surface area contributed by atoms with Crippen molar-refractivity contribution in [3.8, 4) is 22.6 Å². The van der Waals surface area contributed by atoms with E-state index in [-0.39, 0.29) is 18.9 Å². The van der Waals surface area contributed by atoms with Gasteiger partial charge >= 0.3 is 18.9 Å². The number of benzene rings is 4. The fourth-order valence-corrected chi connectivity index (χ4v) is 4.94. The topological polar surface area (TPSA) is 78.5 Å². The number of hydrogen-bond acceptors (Lipinski definition) is 5. The standard InChI is InChI=1S/C33H33NO4S.Li/c1-23-10-6-8-14-27(23)29-22-24(17-19-28(29)32(35)34-30(33(36)37)20-21-39-2)16-18-25-11-7-9-15-31(25)38-26-12-4-3-5-13-26;/h3-15,17,19,22,30H,16,18,20-21H2,1-2H3,(H,34,35)(H,36,37);/q;+1/p-1/t30-;/m0./s1. The Morgan fingerprint density at radius 3 is 2.30 bits per heavy atom. The van der Waals surface area contributed by atoms with Crippen molar-refractivity contribution in [1.29, 1.82) is 0 Å². The first-order chi connectivity index (χ1) is 19.0. The zero-order chi connectivity index (χ0) is 27.6. The van der Waals surface area contributed by atoms with Gasteiger partial charge in [-0.05, 0) is 90.3 Å². The molecular weight excluding hydrogens is 513 g/mol. The maximum atomic E-state index is 13.3. The first-order valence-corrected chi connectivity index (χ1v) is 14.4. The maximum Gasteiger partial charge on any atom is 1.00 e. The van der Waals surface area contributed by atoms with Crippen LogP contribution in [0.4, 0.5) is 0 Å². The van der Waals surface area contributed by atoms with E-state index in [0.717, 1.165) is 52.2 Å². The zero-order valence-electron chi connectivity index (χ0n) is 23.2. The first kappa shape index (κ1) is 31.1. The summed E-state index contributed by atoms with van der Waals surface area (Å²) in [4.78, 5) is 25.0. The predicted molar refractivity (Wildman–Crippen MR) is 156 cm³/mol. The molecule has 0 unspecified atom stereocenters. The van der Waals surface area contributed by atoms with Crippen molar-refractivity contribution < 1.29 is 38.3 Å². The molecule has 7 heteroatoms. The summed E-state index contributed by atoms with van der Waals surface area (Å²) in [5.41, 5.74) is 5.34. The van der Waals surface area contributed by atoms with Gasteiger partial charge in [-0.15, -0.1) is 0 Å². The molecule has 0 aliphatic rings. The van der Waals surface area contributed by atoms with E-state index < -0.39 is 17.9 Å². The van der Waals surface area contributed by atoms with Crippen LogP contribution in [0.1, 0.15) is 33.5 Å². The molecule has 0 aliphatic carbocycles. The number of aliphatic carboxylic acids is 1. The van der Waals surface area contributed by atoms with Gasteiger partial charge in [0.2, 0.25) is 0 Å². The molecule has 0 heterocycles. The number of aryl methyl sites for hydroxylation is 3. The normalized spacial score (nSPS) is 11.2. The van der Waals surface area contributed by atoms with Crippen molar-refractivity contribution >= 4 is 23.6 Å². The van der Waals surface area contributed by atoms with E-state index in [9.17, 15) is 14.7 Å². The van der Waals surface area contributed by atoms with E-state index in [0.29, 0.717) is 17.7 Å². The van der Waals surface area contributed by atoms with Crippen molar-refractivity contribution in [2.45, 2.75) is 32.2 Å². The largest absolute Gasteiger partial charge is 1.00 e. The van der Waals surface area contributed by atoms with Crippen molar-refractivity contribution in [2.75, 3.05) is 12.0 Å². The van der Waals surface area contributed by atoms with Gasteiger partial charge in [0.05, 0.1) is 12.0 Å². The van der Waals surface area contributed by atoms with Crippen LogP contribution in [0.25, 0.3) is 11.1 Å². The van der Waals surface area contributed by atoms with Gasteiger partial charge in [0.25, 0.3) is 5.91 Å². The van der Waals surface area contributed by atoms with Gasteiger partial charge in [-0.3, -0.25) is 4.79 Å². The zero-order valence-corrected chi connectivity index (χ0v) is 24.0. The summed E-state index contributed by atoms with van der Waals surface area (Å²) in [7, 11) is 0. The number of thioether (sulfide) groups is 1. The minimum Gasteiger partial charge on any atom is -0.548 e. The monoisotopic (exact) mass is 545 g/mol. The molecule has 0 saturated carbocycles. The van der Waals surface area contributed by atoms with Crippen LogP contribution in [0.2, 0.25) is 0 Å². The molecule has 0 bridgehead atoms. The van der Waals surface area contributed by atoms with Crippen molar-refractivity contribution in [3.05, 3.63) is 119 Å². The van der Waals surface area contributed by atoms with Gasteiger partial charge in [0, 0.05) is 5.56 Å². The Morgan fingerprint density at radius 1 is 0.875 bits per heavy atom. The quantitative estimate of drug-likeness (QED) is 0.277. The molecule has 4 aromatic rings. The number of amides is 1. The van der Waals surface area contributed by atoms with Crippen LogP contribution < -0.4 is 34.0 Å². The van der Waals surface area contributed by atoms with E-state index in [4.69, 9.17) is 4.74 Å². The Morgan fingerprint density at radius 2 is 1.57 bits per heavy atom. The summed E-state index contributed by atoms with van der Waals surface area (Å²) < 4.78 is 6.13. The predicted octanol–water partition coefficient (Wildman–Crippen LogP) is 2.84. The summed E-state index contributed by atoms with van der Waals surface area (Å²) in [6.07, 6.45) is 3.70. The van der Waals surface area contributed by atoms with Gasteiger partial charge in [0.15, 0.2) is 0 Å². The second-order valence-electron chi connectivity index (χ2n) is 9.34. The van der Waals surface area contributed by atoms with Gasteiger partial charge in [0.1, 0.15) is 11.5 Å². The van der Waals surface area contributed by atoms with Gasteiger partial charge < -0.3 is 20.0 Å². The molecule has 0 spiro atoms. The van der Waals surface area contributed by atoms with Crippen molar-refractivity contribution in [3.63, 3.8) is 0 Å². The van der Waals surface area contributed by atoms with Gasteiger partial charge in [-0.2, -0.15) is 11.8 Å². The number of carbonyl (C=O) groups excluding carboxylic acids is 2. The SMILES string of the molecule is CSCC[C@H](NC(=O)c1ccc(CCc2ccccc2Oc2ccccc2)cc1-c1ccccc1C)C(=O)[O-].[Li+]. The van der Waals surface area contributed by atoms with Crippen LogP contribution in [0, 0.1) is 6.92 Å². The molecule has 5 nitrogen and oxygen atoms in total. The molecule has 0 aliphatic heterocycles. The van der Waals surface area contributed by atoms with E-state index in [1.54, 1.807) is 6.07 Å². The average molecular weight is 546 g/mol. The number of carboxylic acid groups (broad SMARTS) is 1. The molecule has 0 fully saturated rings. The van der Waals surface area contributed by atoms with E-state index in [2.05, 4.69) is 11.4 Å². The molecule has 1 atom stereocenters. The molecular formula is C33H32LiNO4S. The van der Waals surface area contributed by atoms with E-state index >= 15 is 0 Å². The molecule has 200 valence electrons. The van der Waals surface area contributed by atoms with Crippen LogP contribution >= 0.6 is 11.8 Å². The molecule has 40 heavy (non-hydrogen) atoms. The molecule has 0 saturated heterocycles. The van der Waals surface area contributed by atoms with Crippen molar-refractivity contribution in [2.24, 2.45) is 0 Å². The third-order valence-corrected chi connectivity index (χ3v) is 7.23. The average Bonchev–Trinajstić information content (AvgIpc) is 2.95. The van der Waals surface area contributed by atoms with E-state index in [1.807, 2.05) is 98.1 Å². The van der Waals surface area contributed by atoms with Crippen molar-refractivity contribution in [1.82, 2.24) is 5.32 Å². The molecule has 0 aromatic heterocycles. The van der Waals surface area contributed by atoms with Crippen LogP contribution in [0.3, 0.4) is 0 Å². The number of hydrogen-bond donors (Lipinski definition) is 1. The molecule has 4 aromatic carbocycles. The Labute approximate surface area is 252 Å². The third-order valence-electron chi connectivity index (χ3n) is 6.59. The van der Waals surface area contributed by atoms with Crippen LogP contribution in [0.15, 0.2) is 97.1 Å². The molecule has 1 amide bonds. The fourth-order valence-electron chi connectivity index (χ4n) is 4.47. The summed E-state index contributed by atoms with van der Waals surface area (Å²) >= 11 is 1.53. The molecule has 0 radical (unpaired) electrons. The number of nitrogens with one attached hydrogen (secondary N) is 1. The van der Waals surface area contributed by atoms with Crippen LogP contribution in [0.5, 0.6) is 11.5 Å². The maximum absolute atomic E-state index is 13.3. The summed E-state index contributed by atoms with van der Waals surface area (Å²) in [6, 6.07) is 30.3. The summed E-state index contributed by atoms with van der Waals surface area (Å²) in [5.74, 6) is 0.518. The molecule has 1 N–H and O–H groups in total. The Kier molecular flexibility index (Phi) is 12.0. The second kappa shape index (κ2) is 15.4. The summed E-state index contributed by atoms with van der Waals surface area (Å²) in [6.45, 7) is 2.00. The number of rotatable bonds is 12. The number of carbonyl (C=O) groups is 2. The Balaban J connectivity index is 0.00000441. The first-order valence-electron chi connectivity index (χ1n) is 13.0. The van der Waals surface area contributed by atoms with E-state index in [1.165, 1.54) is 11.8 Å². The second-order valence-corrected chi connectivity index (χ2v) is 10.3. The van der Waals surface area contributed by atoms with Crippen LogP contribution in [-0.2, 0) is 17.6 Å². The number of carboxylic acids is 1. The summed E-state index contributed by atoms with van der Waals surface area (Å²) in [5, 5.41) is 14.3. The minimum atomic E-state index is -1.28. The Hall–Kier alpha value is -3.43.